The van der Waals surface area contributed by atoms with Gasteiger partial charge in [-0.2, -0.15) is 0 Å². The number of nitrogens with zero attached hydrogens (tertiary/aromatic N) is 2. The Morgan fingerprint density at radius 1 is 0.912 bits per heavy atom. The van der Waals surface area contributed by atoms with Crippen LogP contribution in [-0.4, -0.2) is 42.6 Å². The number of unbranched alkanes of at least 4 members (excludes halogenated alkanes) is 4. The quantitative estimate of drug-likeness (QED) is 0.149. The second-order valence-electron chi connectivity index (χ2n) is 10.2. The normalized spacial score (nSPS) is 11.4. The van der Waals surface area contributed by atoms with E-state index in [9.17, 15) is 4.79 Å². The highest BCUT2D eigenvalue weighted by molar-refractivity contribution is 5.96. The number of ether oxygens (including phenoxy) is 1. The number of fused-ring (bicyclic) bond motifs is 1. The van der Waals surface area contributed by atoms with Crippen LogP contribution in [0.25, 0.3) is 10.9 Å². The fourth-order valence-electron chi connectivity index (χ4n) is 4.51. The van der Waals surface area contributed by atoms with Gasteiger partial charge in [-0.05, 0) is 51.0 Å². The van der Waals surface area contributed by atoms with Gasteiger partial charge in [0, 0.05) is 40.7 Å². The first-order valence-electron chi connectivity index (χ1n) is 12.4. The largest absolute Gasteiger partial charge is 0.494 e. The SMILES string of the molecule is C.CCOc1ccc2c(c1)cc(C)n2CCCCCCCC(=O)c1ccc(C[N+](C)(C)C)cc1. The number of rotatable bonds is 13. The van der Waals surface area contributed by atoms with Crippen molar-refractivity contribution in [1.29, 1.82) is 0 Å². The van der Waals surface area contributed by atoms with E-state index < -0.39 is 0 Å². The van der Waals surface area contributed by atoms with Crippen LogP contribution in [0, 0.1) is 6.92 Å². The van der Waals surface area contributed by atoms with Crippen molar-refractivity contribution in [1.82, 2.24) is 4.57 Å². The maximum Gasteiger partial charge on any atom is 0.162 e. The van der Waals surface area contributed by atoms with Gasteiger partial charge < -0.3 is 13.8 Å². The molecular formula is C30H45N2O2+. The first kappa shape index (κ1) is 27.7. The molecule has 0 saturated carbocycles. The van der Waals surface area contributed by atoms with E-state index in [0.29, 0.717) is 13.0 Å². The Labute approximate surface area is 207 Å². The van der Waals surface area contributed by atoms with Gasteiger partial charge in [0.05, 0.1) is 27.7 Å². The summed E-state index contributed by atoms with van der Waals surface area (Å²) < 4.78 is 8.94. The van der Waals surface area contributed by atoms with E-state index in [0.717, 1.165) is 41.7 Å². The summed E-state index contributed by atoms with van der Waals surface area (Å²) >= 11 is 0. The van der Waals surface area contributed by atoms with Gasteiger partial charge in [0.2, 0.25) is 0 Å². The molecule has 0 atom stereocenters. The molecule has 0 aliphatic carbocycles. The Kier molecular flexibility index (Phi) is 10.4. The lowest BCUT2D eigenvalue weighted by atomic mass is 10.0. The van der Waals surface area contributed by atoms with Gasteiger partial charge in [-0.1, -0.05) is 51.0 Å². The smallest absolute Gasteiger partial charge is 0.162 e. The van der Waals surface area contributed by atoms with Crippen molar-refractivity contribution in [2.75, 3.05) is 27.7 Å². The minimum Gasteiger partial charge on any atom is -0.494 e. The molecule has 0 amide bonds. The van der Waals surface area contributed by atoms with Gasteiger partial charge >= 0.3 is 0 Å². The molecule has 3 aromatic rings. The Morgan fingerprint density at radius 2 is 1.59 bits per heavy atom. The van der Waals surface area contributed by atoms with E-state index in [1.807, 2.05) is 19.1 Å². The molecule has 0 unspecified atom stereocenters. The third kappa shape index (κ3) is 8.02. The van der Waals surface area contributed by atoms with Crippen LogP contribution < -0.4 is 4.74 Å². The number of quaternary nitrogens is 1. The van der Waals surface area contributed by atoms with Gasteiger partial charge in [-0.3, -0.25) is 4.79 Å². The Hall–Kier alpha value is -2.59. The summed E-state index contributed by atoms with van der Waals surface area (Å²) in [6, 6.07) is 16.8. The van der Waals surface area contributed by atoms with Gasteiger partial charge in [-0.25, -0.2) is 0 Å². The highest BCUT2D eigenvalue weighted by Gasteiger charge is 2.11. The van der Waals surface area contributed by atoms with Crippen molar-refractivity contribution in [3.8, 4) is 5.75 Å². The summed E-state index contributed by atoms with van der Waals surface area (Å²) in [5.74, 6) is 1.21. The molecule has 0 spiro atoms. The highest BCUT2D eigenvalue weighted by Crippen LogP contribution is 2.25. The zero-order valence-electron chi connectivity index (χ0n) is 21.2. The van der Waals surface area contributed by atoms with Crippen LogP contribution in [0.3, 0.4) is 0 Å². The lowest BCUT2D eigenvalue weighted by molar-refractivity contribution is -0.884. The topological polar surface area (TPSA) is 31.2 Å². The molecule has 0 saturated heterocycles. The van der Waals surface area contributed by atoms with Crippen molar-refractivity contribution >= 4 is 16.7 Å². The molecule has 0 aliphatic rings. The number of carbonyl (C=O) groups excluding carboxylic acids is 1. The Bertz CT molecular complexity index is 1040. The minimum absolute atomic E-state index is 0. The number of benzene rings is 2. The highest BCUT2D eigenvalue weighted by atomic mass is 16.5. The molecule has 0 bridgehead atoms. The van der Waals surface area contributed by atoms with Crippen LogP contribution in [0.4, 0.5) is 0 Å². The third-order valence-corrected chi connectivity index (χ3v) is 6.11. The summed E-state index contributed by atoms with van der Waals surface area (Å²) in [4.78, 5) is 12.5. The van der Waals surface area contributed by atoms with Crippen molar-refractivity contribution in [3.05, 3.63) is 65.4 Å². The summed E-state index contributed by atoms with van der Waals surface area (Å²) in [5.41, 5.74) is 4.72. The number of Topliss-reactive ketones (excluding diaryl/α,β-unsaturated/α-hetero) is 1. The van der Waals surface area contributed by atoms with Crippen molar-refractivity contribution in [2.45, 2.75) is 72.9 Å². The number of aryl methyl sites for hydroxylation is 2. The Morgan fingerprint density at radius 3 is 2.26 bits per heavy atom. The molecule has 3 rings (SSSR count). The van der Waals surface area contributed by atoms with Crippen LogP contribution in [0.15, 0.2) is 48.5 Å². The summed E-state index contributed by atoms with van der Waals surface area (Å²) in [7, 11) is 6.54. The summed E-state index contributed by atoms with van der Waals surface area (Å²) in [6.07, 6.45) is 6.30. The van der Waals surface area contributed by atoms with Crippen LogP contribution in [0.5, 0.6) is 5.75 Å². The van der Waals surface area contributed by atoms with Gasteiger partial charge in [-0.15, -0.1) is 0 Å². The van der Waals surface area contributed by atoms with E-state index in [1.165, 1.54) is 41.4 Å². The molecule has 4 heteroatoms. The molecule has 1 aromatic heterocycles. The van der Waals surface area contributed by atoms with E-state index >= 15 is 0 Å². The number of ketones is 1. The average molecular weight is 466 g/mol. The standard InChI is InChI=1S/C29H41N2O2.CH4/c1-6-33-27-17-18-28-26(21-27)20-23(2)30(28)19-11-9-7-8-10-12-29(32)25-15-13-24(14-16-25)22-31(3,4)5;/h13-18,20-21H,6-12,19,22H2,1-5H3;1H4/q+1;. The second-order valence-corrected chi connectivity index (χ2v) is 10.2. The molecule has 186 valence electrons. The minimum atomic E-state index is 0. The predicted molar refractivity (Wildman–Crippen MR) is 145 cm³/mol. The molecular weight excluding hydrogens is 420 g/mol. The molecule has 2 aromatic carbocycles. The zero-order chi connectivity index (χ0) is 23.8. The molecule has 1 heterocycles. The third-order valence-electron chi connectivity index (χ3n) is 6.11. The van der Waals surface area contributed by atoms with E-state index in [1.54, 1.807) is 0 Å². The molecule has 0 radical (unpaired) electrons. The lowest BCUT2D eigenvalue weighted by Gasteiger charge is -2.23. The number of hydrogen-bond acceptors (Lipinski definition) is 2. The maximum atomic E-state index is 12.5. The second kappa shape index (κ2) is 12.8. The number of aromatic nitrogens is 1. The fourth-order valence-corrected chi connectivity index (χ4v) is 4.51. The average Bonchev–Trinajstić information content (AvgIpc) is 3.07. The molecule has 0 fully saturated rings. The number of hydrogen-bond donors (Lipinski definition) is 0. The van der Waals surface area contributed by atoms with E-state index in [4.69, 9.17) is 4.74 Å². The van der Waals surface area contributed by atoms with Crippen molar-refractivity contribution in [3.63, 3.8) is 0 Å². The van der Waals surface area contributed by atoms with Crippen LogP contribution >= 0.6 is 0 Å². The maximum absolute atomic E-state index is 12.5. The van der Waals surface area contributed by atoms with Crippen LogP contribution in [0.1, 0.15) is 74.5 Å². The summed E-state index contributed by atoms with van der Waals surface area (Å²) in [6.45, 7) is 6.91. The lowest BCUT2D eigenvalue weighted by Crippen LogP contribution is -2.33. The first-order valence-corrected chi connectivity index (χ1v) is 12.4. The van der Waals surface area contributed by atoms with Crippen molar-refractivity contribution < 1.29 is 14.0 Å². The molecule has 34 heavy (non-hydrogen) atoms. The van der Waals surface area contributed by atoms with E-state index in [-0.39, 0.29) is 13.2 Å². The van der Waals surface area contributed by atoms with Crippen LogP contribution in [0.2, 0.25) is 0 Å². The number of carbonyl (C=O) groups is 1. The molecule has 0 N–H and O–H groups in total. The first-order chi connectivity index (χ1) is 15.8. The fraction of sp³-hybridized carbons (Fsp3) is 0.500. The zero-order valence-corrected chi connectivity index (χ0v) is 21.2. The van der Waals surface area contributed by atoms with Crippen molar-refractivity contribution in [2.24, 2.45) is 0 Å². The predicted octanol–water partition coefficient (Wildman–Crippen LogP) is 7.41. The summed E-state index contributed by atoms with van der Waals surface area (Å²) in [5, 5.41) is 1.25. The molecule has 4 nitrogen and oxygen atoms in total. The molecule has 0 aliphatic heterocycles. The van der Waals surface area contributed by atoms with Crippen LogP contribution in [-0.2, 0) is 13.1 Å². The van der Waals surface area contributed by atoms with Gasteiger partial charge in [0.1, 0.15) is 12.3 Å². The Balaban J connectivity index is 0.00000408. The van der Waals surface area contributed by atoms with Gasteiger partial charge in [0.25, 0.3) is 0 Å². The van der Waals surface area contributed by atoms with E-state index in [2.05, 4.69) is 69.0 Å². The monoisotopic (exact) mass is 465 g/mol. The van der Waals surface area contributed by atoms with Gasteiger partial charge in [0.15, 0.2) is 5.78 Å².